The van der Waals surface area contributed by atoms with E-state index >= 15 is 0 Å². The van der Waals surface area contributed by atoms with Gasteiger partial charge in [-0.05, 0) is 42.0 Å². The van der Waals surface area contributed by atoms with Crippen molar-refractivity contribution in [2.75, 3.05) is 7.11 Å². The Labute approximate surface area is 148 Å². The number of ether oxygens (including phenoxy) is 1. The summed E-state index contributed by atoms with van der Waals surface area (Å²) in [5.74, 6) is 1.49. The third-order valence-corrected chi connectivity index (χ3v) is 4.82. The Bertz CT molecular complexity index is 805. The second-order valence-electron chi connectivity index (χ2n) is 4.71. The van der Waals surface area contributed by atoms with E-state index in [1.165, 1.54) is 0 Å². The van der Waals surface area contributed by atoms with Crippen LogP contribution in [0.5, 0.6) is 5.75 Å². The van der Waals surface area contributed by atoms with Gasteiger partial charge in [0.1, 0.15) is 12.1 Å². The summed E-state index contributed by atoms with van der Waals surface area (Å²) in [6.07, 6.45) is 1.69. The second-order valence-corrected chi connectivity index (χ2v) is 6.49. The number of benzene rings is 2. The number of hydrogen-bond acceptors (Lipinski definition) is 4. The molecule has 0 fully saturated rings. The first-order chi connectivity index (χ1) is 11.2. The number of hydrogen-bond donors (Lipinski definition) is 0. The van der Waals surface area contributed by atoms with Gasteiger partial charge in [-0.15, -0.1) is 10.2 Å². The molecule has 0 radical (unpaired) electrons. The van der Waals surface area contributed by atoms with Gasteiger partial charge in [0.15, 0.2) is 5.16 Å². The molecular formula is C16H13Cl2N3OS. The largest absolute Gasteiger partial charge is 0.497 e. The third kappa shape index (κ3) is 3.80. The van der Waals surface area contributed by atoms with Gasteiger partial charge in [0, 0.05) is 21.5 Å². The Balaban J connectivity index is 1.78. The summed E-state index contributed by atoms with van der Waals surface area (Å²) in [5.41, 5.74) is 1.98. The average molecular weight is 366 g/mol. The molecule has 2 aromatic carbocycles. The molecule has 3 aromatic rings. The minimum atomic E-state index is 0.630. The normalized spacial score (nSPS) is 10.7. The van der Waals surface area contributed by atoms with E-state index in [0.717, 1.165) is 22.2 Å². The summed E-state index contributed by atoms with van der Waals surface area (Å²) >= 11 is 13.7. The molecule has 0 N–H and O–H groups in total. The lowest BCUT2D eigenvalue weighted by molar-refractivity contribution is 0.414. The van der Waals surface area contributed by atoms with E-state index in [2.05, 4.69) is 10.2 Å². The topological polar surface area (TPSA) is 39.9 Å². The first kappa shape index (κ1) is 16.2. The Morgan fingerprint density at radius 2 is 1.91 bits per heavy atom. The fourth-order valence-electron chi connectivity index (χ4n) is 2.02. The highest BCUT2D eigenvalue weighted by Crippen LogP contribution is 2.29. The fraction of sp³-hybridized carbons (Fsp3) is 0.125. The molecule has 0 unspecified atom stereocenters. The van der Waals surface area contributed by atoms with E-state index < -0.39 is 0 Å². The minimum absolute atomic E-state index is 0.630. The van der Waals surface area contributed by atoms with Crippen molar-refractivity contribution in [1.82, 2.24) is 14.8 Å². The standard InChI is InChI=1S/C16H13Cl2N3OS/c1-22-14-6-4-13(5-7-14)21-10-19-20-16(21)23-9-11-2-3-12(17)8-15(11)18/h2-8,10H,9H2,1H3. The molecular weight excluding hydrogens is 353 g/mol. The van der Waals surface area contributed by atoms with E-state index in [4.69, 9.17) is 27.9 Å². The number of halogens is 2. The quantitative estimate of drug-likeness (QED) is 0.604. The maximum atomic E-state index is 6.21. The van der Waals surface area contributed by atoms with Crippen LogP contribution in [0.25, 0.3) is 5.69 Å². The van der Waals surface area contributed by atoms with Crippen LogP contribution in [-0.4, -0.2) is 21.9 Å². The smallest absolute Gasteiger partial charge is 0.195 e. The van der Waals surface area contributed by atoms with Gasteiger partial charge >= 0.3 is 0 Å². The monoisotopic (exact) mass is 365 g/mol. The predicted octanol–water partition coefficient (Wildman–Crippen LogP) is 4.88. The van der Waals surface area contributed by atoms with Gasteiger partial charge in [0.05, 0.1) is 7.11 Å². The molecule has 0 spiro atoms. The molecule has 0 atom stereocenters. The van der Waals surface area contributed by atoms with Gasteiger partial charge in [0.2, 0.25) is 0 Å². The van der Waals surface area contributed by atoms with Crippen molar-refractivity contribution in [2.24, 2.45) is 0 Å². The highest BCUT2D eigenvalue weighted by Gasteiger charge is 2.09. The number of rotatable bonds is 5. The van der Waals surface area contributed by atoms with Crippen molar-refractivity contribution in [3.05, 3.63) is 64.4 Å². The first-order valence-corrected chi connectivity index (χ1v) is 8.52. The van der Waals surface area contributed by atoms with Gasteiger partial charge in [-0.25, -0.2) is 0 Å². The van der Waals surface area contributed by atoms with Gasteiger partial charge in [-0.2, -0.15) is 0 Å². The SMILES string of the molecule is COc1ccc(-n2cnnc2SCc2ccc(Cl)cc2Cl)cc1. The fourth-order valence-corrected chi connectivity index (χ4v) is 3.51. The number of methoxy groups -OCH3 is 1. The second kappa shape index (κ2) is 7.25. The van der Waals surface area contributed by atoms with Crippen LogP contribution in [0.4, 0.5) is 0 Å². The summed E-state index contributed by atoms with van der Waals surface area (Å²) in [4.78, 5) is 0. The summed E-state index contributed by atoms with van der Waals surface area (Å²) in [6.45, 7) is 0. The molecule has 4 nitrogen and oxygen atoms in total. The number of thioether (sulfide) groups is 1. The molecule has 3 rings (SSSR count). The summed E-state index contributed by atoms with van der Waals surface area (Å²) in [5, 5.41) is 10.2. The van der Waals surface area contributed by atoms with Crippen LogP contribution in [0, 0.1) is 0 Å². The molecule has 23 heavy (non-hydrogen) atoms. The molecule has 1 aromatic heterocycles. The van der Waals surface area contributed by atoms with Crippen molar-refractivity contribution in [2.45, 2.75) is 10.9 Å². The van der Waals surface area contributed by atoms with Gasteiger partial charge in [0.25, 0.3) is 0 Å². The molecule has 0 saturated carbocycles. The summed E-state index contributed by atoms with van der Waals surface area (Å²) in [7, 11) is 1.64. The van der Waals surface area contributed by atoms with Crippen LogP contribution in [-0.2, 0) is 5.75 Å². The third-order valence-electron chi connectivity index (χ3n) is 3.24. The minimum Gasteiger partial charge on any atom is -0.497 e. The van der Waals surface area contributed by atoms with E-state index in [1.807, 2.05) is 41.0 Å². The Morgan fingerprint density at radius 3 is 2.61 bits per heavy atom. The van der Waals surface area contributed by atoms with E-state index in [0.29, 0.717) is 15.8 Å². The van der Waals surface area contributed by atoms with Crippen LogP contribution in [0.1, 0.15) is 5.56 Å². The van der Waals surface area contributed by atoms with Crippen molar-refractivity contribution >= 4 is 35.0 Å². The zero-order chi connectivity index (χ0) is 16.2. The Hall–Kier alpha value is -1.69. The van der Waals surface area contributed by atoms with Gasteiger partial charge in [-0.1, -0.05) is 41.0 Å². The van der Waals surface area contributed by atoms with Crippen LogP contribution in [0.3, 0.4) is 0 Å². The van der Waals surface area contributed by atoms with E-state index in [9.17, 15) is 0 Å². The molecule has 1 heterocycles. The summed E-state index contributed by atoms with van der Waals surface area (Å²) < 4.78 is 7.10. The van der Waals surface area contributed by atoms with Crippen molar-refractivity contribution in [3.63, 3.8) is 0 Å². The molecule has 0 amide bonds. The maximum absolute atomic E-state index is 6.21. The maximum Gasteiger partial charge on any atom is 0.195 e. The van der Waals surface area contributed by atoms with Crippen molar-refractivity contribution in [1.29, 1.82) is 0 Å². The predicted molar refractivity (Wildman–Crippen MR) is 93.9 cm³/mol. The Kier molecular flexibility index (Phi) is 5.10. The summed E-state index contributed by atoms with van der Waals surface area (Å²) in [6, 6.07) is 13.2. The molecule has 0 saturated heterocycles. The first-order valence-electron chi connectivity index (χ1n) is 6.78. The Morgan fingerprint density at radius 1 is 1.13 bits per heavy atom. The molecule has 0 aliphatic carbocycles. The molecule has 7 heteroatoms. The van der Waals surface area contributed by atoms with Crippen molar-refractivity contribution < 1.29 is 4.74 Å². The van der Waals surface area contributed by atoms with Crippen LogP contribution in [0.15, 0.2) is 53.9 Å². The average Bonchev–Trinajstić information content (AvgIpc) is 3.02. The lowest BCUT2D eigenvalue weighted by Gasteiger charge is -2.08. The van der Waals surface area contributed by atoms with Crippen LogP contribution < -0.4 is 4.74 Å². The van der Waals surface area contributed by atoms with Gasteiger partial charge in [-0.3, -0.25) is 4.57 Å². The highest BCUT2D eigenvalue weighted by molar-refractivity contribution is 7.98. The van der Waals surface area contributed by atoms with Gasteiger partial charge < -0.3 is 4.74 Å². The lowest BCUT2D eigenvalue weighted by Crippen LogP contribution is -1.95. The molecule has 0 aliphatic rings. The molecule has 0 aliphatic heterocycles. The van der Waals surface area contributed by atoms with E-state index in [1.54, 1.807) is 31.3 Å². The van der Waals surface area contributed by atoms with E-state index in [-0.39, 0.29) is 0 Å². The number of nitrogens with zero attached hydrogens (tertiary/aromatic N) is 3. The molecule has 118 valence electrons. The van der Waals surface area contributed by atoms with Crippen LogP contribution >= 0.6 is 35.0 Å². The zero-order valence-electron chi connectivity index (χ0n) is 12.2. The highest BCUT2D eigenvalue weighted by atomic mass is 35.5. The van der Waals surface area contributed by atoms with Crippen molar-refractivity contribution in [3.8, 4) is 11.4 Å². The molecule has 0 bridgehead atoms. The lowest BCUT2D eigenvalue weighted by atomic mass is 10.2. The zero-order valence-corrected chi connectivity index (χ0v) is 14.6. The number of aromatic nitrogens is 3. The van der Waals surface area contributed by atoms with Crippen LogP contribution in [0.2, 0.25) is 10.0 Å².